The van der Waals surface area contributed by atoms with Crippen LogP contribution in [0.1, 0.15) is 31.9 Å². The van der Waals surface area contributed by atoms with Crippen molar-refractivity contribution >= 4 is 34.8 Å². The molecule has 0 saturated carbocycles. The molecule has 0 aliphatic carbocycles. The highest BCUT2D eigenvalue weighted by molar-refractivity contribution is 6.42. The number of benzene rings is 2. The molecule has 0 saturated heterocycles. The molecule has 2 aromatic rings. The molecule has 1 amide bonds. The molecule has 0 aliphatic rings. The van der Waals surface area contributed by atoms with Gasteiger partial charge >= 0.3 is 0 Å². The average Bonchev–Trinajstić information content (AvgIpc) is 2.58. The lowest BCUT2D eigenvalue weighted by Crippen LogP contribution is -2.31. The molecule has 2 rings (SSSR count). The number of carbonyl (C=O) groups excluding carboxylic acids is 1. The summed E-state index contributed by atoms with van der Waals surface area (Å²) < 4.78 is 5.68. The molecule has 0 aromatic heterocycles. The first-order valence-corrected chi connectivity index (χ1v) is 8.75. The maximum absolute atomic E-state index is 12.5. The fourth-order valence-corrected chi connectivity index (χ4v) is 2.78. The highest BCUT2D eigenvalue weighted by Crippen LogP contribution is 2.32. The van der Waals surface area contributed by atoms with Crippen molar-refractivity contribution in [2.24, 2.45) is 0 Å². The third-order valence-electron chi connectivity index (χ3n) is 3.84. The number of carbonyl (C=O) groups is 1. The van der Waals surface area contributed by atoms with Crippen LogP contribution >= 0.6 is 23.2 Å². The van der Waals surface area contributed by atoms with E-state index in [9.17, 15) is 4.79 Å². The Hall–Kier alpha value is -1.71. The van der Waals surface area contributed by atoms with Crippen molar-refractivity contribution in [3.05, 3.63) is 57.6 Å². The van der Waals surface area contributed by atoms with E-state index in [1.807, 2.05) is 18.2 Å². The number of para-hydroxylation sites is 1. The Balaban J connectivity index is 2.16. The number of amides is 1. The van der Waals surface area contributed by atoms with Crippen LogP contribution in [0, 0.1) is 0 Å². The highest BCUT2D eigenvalue weighted by Gasteiger charge is 2.19. The van der Waals surface area contributed by atoms with E-state index in [-0.39, 0.29) is 5.91 Å². The second-order valence-corrected chi connectivity index (χ2v) is 6.24. The number of rotatable bonds is 6. The van der Waals surface area contributed by atoms with Crippen molar-refractivity contribution in [1.82, 2.24) is 0 Å². The van der Waals surface area contributed by atoms with Crippen LogP contribution in [-0.4, -0.2) is 12.0 Å². The van der Waals surface area contributed by atoms with Crippen molar-refractivity contribution in [3.63, 3.8) is 0 Å². The SMILES string of the molecule is CCc1cccc(CC)c1NC(=O)C(C)Oc1cccc(Cl)c1Cl. The molecule has 1 unspecified atom stereocenters. The van der Waals surface area contributed by atoms with Gasteiger partial charge in [0.1, 0.15) is 10.8 Å². The lowest BCUT2D eigenvalue weighted by Gasteiger charge is -2.19. The van der Waals surface area contributed by atoms with E-state index in [1.54, 1.807) is 25.1 Å². The molecule has 2 aromatic carbocycles. The first-order chi connectivity index (χ1) is 11.5. The van der Waals surface area contributed by atoms with Gasteiger partial charge in [-0.1, -0.05) is 61.3 Å². The van der Waals surface area contributed by atoms with Crippen LogP contribution in [0.4, 0.5) is 5.69 Å². The number of nitrogens with one attached hydrogen (secondary N) is 1. The van der Waals surface area contributed by atoms with Gasteiger partial charge in [0.25, 0.3) is 5.91 Å². The van der Waals surface area contributed by atoms with E-state index < -0.39 is 6.10 Å². The molecule has 0 radical (unpaired) electrons. The first kappa shape index (κ1) is 18.6. The van der Waals surface area contributed by atoms with Gasteiger partial charge in [-0.25, -0.2) is 0 Å². The van der Waals surface area contributed by atoms with Crippen molar-refractivity contribution in [3.8, 4) is 5.75 Å². The van der Waals surface area contributed by atoms with Gasteiger partial charge in [-0.15, -0.1) is 0 Å². The van der Waals surface area contributed by atoms with E-state index in [4.69, 9.17) is 27.9 Å². The van der Waals surface area contributed by atoms with Gasteiger partial charge in [0.15, 0.2) is 6.10 Å². The zero-order valence-electron chi connectivity index (χ0n) is 14.0. The summed E-state index contributed by atoms with van der Waals surface area (Å²) in [4.78, 5) is 12.5. The molecule has 24 heavy (non-hydrogen) atoms. The minimum Gasteiger partial charge on any atom is -0.479 e. The van der Waals surface area contributed by atoms with E-state index in [0.29, 0.717) is 15.8 Å². The minimum absolute atomic E-state index is 0.221. The second kappa shape index (κ2) is 8.41. The predicted octanol–water partition coefficient (Wildman–Crippen LogP) is 5.52. The van der Waals surface area contributed by atoms with E-state index >= 15 is 0 Å². The van der Waals surface area contributed by atoms with Crippen molar-refractivity contribution in [1.29, 1.82) is 0 Å². The summed E-state index contributed by atoms with van der Waals surface area (Å²) in [5.41, 5.74) is 3.09. The fraction of sp³-hybridized carbons (Fsp3) is 0.316. The Morgan fingerprint density at radius 2 is 1.67 bits per heavy atom. The predicted molar refractivity (Wildman–Crippen MR) is 100 cm³/mol. The van der Waals surface area contributed by atoms with Crippen LogP contribution in [-0.2, 0) is 17.6 Å². The molecule has 128 valence electrons. The molecule has 0 bridgehead atoms. The molecule has 1 N–H and O–H groups in total. The van der Waals surface area contributed by atoms with Gasteiger partial charge in [0.05, 0.1) is 5.02 Å². The van der Waals surface area contributed by atoms with Gasteiger partial charge in [-0.05, 0) is 43.0 Å². The van der Waals surface area contributed by atoms with Gasteiger partial charge in [0, 0.05) is 5.69 Å². The quantitative estimate of drug-likeness (QED) is 0.731. The standard InChI is InChI=1S/C19H21Cl2NO2/c1-4-13-8-6-9-14(5-2)18(13)22-19(23)12(3)24-16-11-7-10-15(20)17(16)21/h6-12H,4-5H2,1-3H3,(H,22,23). The van der Waals surface area contributed by atoms with Crippen LogP contribution in [0.3, 0.4) is 0 Å². The Bertz CT molecular complexity index is 709. The van der Waals surface area contributed by atoms with E-state index in [2.05, 4.69) is 19.2 Å². The number of halogens is 2. The molecule has 3 nitrogen and oxygen atoms in total. The van der Waals surface area contributed by atoms with Gasteiger partial charge in [-0.3, -0.25) is 4.79 Å². The summed E-state index contributed by atoms with van der Waals surface area (Å²) in [5.74, 6) is 0.174. The van der Waals surface area contributed by atoms with E-state index in [0.717, 1.165) is 29.7 Å². The smallest absolute Gasteiger partial charge is 0.265 e. The van der Waals surface area contributed by atoms with Gasteiger partial charge < -0.3 is 10.1 Å². The number of hydrogen-bond acceptors (Lipinski definition) is 2. The summed E-state index contributed by atoms with van der Waals surface area (Å²) in [6.07, 6.45) is 0.994. The third-order valence-corrected chi connectivity index (χ3v) is 4.64. The number of anilines is 1. The maximum atomic E-state index is 12.5. The number of ether oxygens (including phenoxy) is 1. The largest absolute Gasteiger partial charge is 0.479 e. The summed E-state index contributed by atoms with van der Waals surface area (Å²) in [6, 6.07) is 11.2. The van der Waals surface area contributed by atoms with Crippen molar-refractivity contribution < 1.29 is 9.53 Å². The molecule has 1 atom stereocenters. The normalized spacial score (nSPS) is 11.9. The number of hydrogen-bond donors (Lipinski definition) is 1. The number of aryl methyl sites for hydroxylation is 2. The second-order valence-electron chi connectivity index (χ2n) is 5.46. The Labute approximate surface area is 152 Å². The Kier molecular flexibility index (Phi) is 6.52. The zero-order valence-corrected chi connectivity index (χ0v) is 15.5. The lowest BCUT2D eigenvalue weighted by molar-refractivity contribution is -0.122. The molecule has 0 heterocycles. The molecule has 5 heteroatoms. The lowest BCUT2D eigenvalue weighted by atomic mass is 10.0. The van der Waals surface area contributed by atoms with Gasteiger partial charge in [0.2, 0.25) is 0 Å². The fourth-order valence-electron chi connectivity index (χ4n) is 2.45. The summed E-state index contributed by atoms with van der Waals surface area (Å²) in [7, 11) is 0. The van der Waals surface area contributed by atoms with Crippen LogP contribution in [0.15, 0.2) is 36.4 Å². The monoisotopic (exact) mass is 365 g/mol. The zero-order chi connectivity index (χ0) is 17.7. The van der Waals surface area contributed by atoms with E-state index in [1.165, 1.54) is 0 Å². The Morgan fingerprint density at radius 1 is 1.08 bits per heavy atom. The minimum atomic E-state index is -0.699. The summed E-state index contributed by atoms with van der Waals surface area (Å²) >= 11 is 12.1. The summed E-state index contributed by atoms with van der Waals surface area (Å²) in [5, 5.41) is 3.70. The van der Waals surface area contributed by atoms with Crippen LogP contribution in [0.2, 0.25) is 10.0 Å². The molecular weight excluding hydrogens is 345 g/mol. The topological polar surface area (TPSA) is 38.3 Å². The third kappa shape index (κ3) is 4.22. The molecular formula is C19H21Cl2NO2. The molecule has 0 fully saturated rings. The molecule has 0 aliphatic heterocycles. The average molecular weight is 366 g/mol. The Morgan fingerprint density at radius 3 is 2.25 bits per heavy atom. The van der Waals surface area contributed by atoms with Crippen LogP contribution < -0.4 is 10.1 Å². The summed E-state index contributed by atoms with van der Waals surface area (Å²) in [6.45, 7) is 5.82. The van der Waals surface area contributed by atoms with Crippen LogP contribution in [0.25, 0.3) is 0 Å². The molecule has 0 spiro atoms. The van der Waals surface area contributed by atoms with Crippen molar-refractivity contribution in [2.75, 3.05) is 5.32 Å². The highest BCUT2D eigenvalue weighted by atomic mass is 35.5. The first-order valence-electron chi connectivity index (χ1n) is 8.00. The van der Waals surface area contributed by atoms with Gasteiger partial charge in [-0.2, -0.15) is 0 Å². The van der Waals surface area contributed by atoms with Crippen molar-refractivity contribution in [2.45, 2.75) is 39.7 Å². The maximum Gasteiger partial charge on any atom is 0.265 e. The van der Waals surface area contributed by atoms with Crippen LogP contribution in [0.5, 0.6) is 5.75 Å².